The van der Waals surface area contributed by atoms with Gasteiger partial charge in [0.2, 0.25) is 0 Å². The largest absolute Gasteiger partial charge is 0.457 e. The molecular weight excluding hydrogens is 654 g/mol. The van der Waals surface area contributed by atoms with Gasteiger partial charge in [-0.1, -0.05) is 45.2 Å². The zero-order valence-electron chi connectivity index (χ0n) is 20.5. The number of fused-ring (bicyclic) bond motifs is 1. The molecule has 1 amide bonds. The molecule has 212 valence electrons. The van der Waals surface area contributed by atoms with E-state index in [1.807, 2.05) is 0 Å². The van der Waals surface area contributed by atoms with E-state index < -0.39 is 35.5 Å². The molecule has 2 atom stereocenters. The van der Waals surface area contributed by atoms with Crippen LogP contribution in [0.25, 0.3) is 0 Å². The van der Waals surface area contributed by atoms with Crippen molar-refractivity contribution >= 4 is 62.2 Å². The van der Waals surface area contributed by atoms with Crippen LogP contribution in [0.15, 0.2) is 71.2 Å². The van der Waals surface area contributed by atoms with Gasteiger partial charge >= 0.3 is 6.18 Å². The molecule has 1 aliphatic heterocycles. The standard InChI is InChI=1S/C26H17BrCl2F3N5O4/c27-14-2-4-17(5-3-14)41-18-9-15(8-16(10-18)37(39)40)33-25(38)22-12-24-34-21(13-1-6-19(28)20(29)7-13)11-23(26(30,31)32)36(24)35-22/h1-10,12,21,23,34H,11H2,(H,33,38)/t21-,23+/m1/s1. The zero-order valence-corrected chi connectivity index (χ0v) is 23.6. The van der Waals surface area contributed by atoms with Gasteiger partial charge in [-0.05, 0) is 42.0 Å². The van der Waals surface area contributed by atoms with E-state index in [2.05, 4.69) is 31.7 Å². The van der Waals surface area contributed by atoms with Crippen LogP contribution in [0.2, 0.25) is 10.0 Å². The molecule has 1 aliphatic rings. The quantitative estimate of drug-likeness (QED) is 0.157. The van der Waals surface area contributed by atoms with Crippen molar-refractivity contribution in [3.63, 3.8) is 0 Å². The van der Waals surface area contributed by atoms with E-state index in [9.17, 15) is 28.1 Å². The Morgan fingerprint density at radius 1 is 1.07 bits per heavy atom. The van der Waals surface area contributed by atoms with Crippen molar-refractivity contribution in [1.82, 2.24) is 9.78 Å². The molecule has 0 saturated carbocycles. The maximum Gasteiger partial charge on any atom is 0.410 e. The molecule has 0 aliphatic carbocycles. The number of hydrogen-bond donors (Lipinski definition) is 2. The first kappa shape index (κ1) is 28.7. The average Bonchev–Trinajstić information content (AvgIpc) is 3.35. The van der Waals surface area contributed by atoms with E-state index >= 15 is 0 Å². The summed E-state index contributed by atoms with van der Waals surface area (Å²) < 4.78 is 49.4. The topological polar surface area (TPSA) is 111 Å². The molecule has 5 rings (SSSR count). The number of carbonyl (C=O) groups is 1. The van der Waals surface area contributed by atoms with E-state index in [1.165, 1.54) is 30.3 Å². The first-order valence-electron chi connectivity index (χ1n) is 11.8. The number of nitrogens with zero attached hydrogens (tertiary/aromatic N) is 3. The van der Waals surface area contributed by atoms with Crippen LogP contribution in [0.4, 0.5) is 30.4 Å². The van der Waals surface area contributed by atoms with Crippen molar-refractivity contribution in [2.24, 2.45) is 0 Å². The first-order chi connectivity index (χ1) is 19.4. The minimum absolute atomic E-state index is 0.0173. The van der Waals surface area contributed by atoms with Gasteiger partial charge in [-0.2, -0.15) is 18.3 Å². The molecule has 0 unspecified atom stereocenters. The SMILES string of the molecule is O=C(Nc1cc(Oc2ccc(Br)cc2)cc([N+](=O)[O-])c1)c1cc2n(n1)[C@H](C(F)(F)F)C[C@H](c1ccc(Cl)c(Cl)c1)N2. The first-order valence-corrected chi connectivity index (χ1v) is 13.3. The second kappa shape index (κ2) is 11.2. The molecule has 9 nitrogen and oxygen atoms in total. The summed E-state index contributed by atoms with van der Waals surface area (Å²) in [6.45, 7) is 0. The van der Waals surface area contributed by atoms with Crippen molar-refractivity contribution in [3.8, 4) is 11.5 Å². The maximum absolute atomic E-state index is 14.1. The number of hydrogen-bond acceptors (Lipinski definition) is 6. The van der Waals surface area contributed by atoms with Gasteiger partial charge in [0, 0.05) is 29.1 Å². The number of benzene rings is 3. The Hall–Kier alpha value is -3.81. The van der Waals surface area contributed by atoms with Gasteiger partial charge in [-0.3, -0.25) is 14.9 Å². The summed E-state index contributed by atoms with van der Waals surface area (Å²) in [6, 6.07) is 13.2. The number of rotatable bonds is 6. The molecular formula is C26H17BrCl2F3N5O4. The van der Waals surface area contributed by atoms with Crippen LogP contribution in [0.5, 0.6) is 11.5 Å². The van der Waals surface area contributed by atoms with E-state index in [1.54, 1.807) is 30.3 Å². The van der Waals surface area contributed by atoms with Gasteiger partial charge in [0.1, 0.15) is 17.3 Å². The smallest absolute Gasteiger partial charge is 0.410 e. The van der Waals surface area contributed by atoms with Gasteiger partial charge < -0.3 is 15.4 Å². The lowest BCUT2D eigenvalue weighted by molar-refractivity contribution is -0.384. The molecule has 0 saturated heterocycles. The highest BCUT2D eigenvalue weighted by atomic mass is 79.9. The number of alkyl halides is 3. The lowest BCUT2D eigenvalue weighted by atomic mass is 9.97. The van der Waals surface area contributed by atoms with E-state index in [0.29, 0.717) is 16.0 Å². The van der Waals surface area contributed by atoms with E-state index in [4.69, 9.17) is 27.9 Å². The molecule has 3 aromatic carbocycles. The summed E-state index contributed by atoms with van der Waals surface area (Å²) in [7, 11) is 0. The minimum atomic E-state index is -4.68. The third kappa shape index (κ3) is 6.42. The number of amides is 1. The molecule has 41 heavy (non-hydrogen) atoms. The van der Waals surface area contributed by atoms with Crippen LogP contribution in [-0.4, -0.2) is 26.8 Å². The molecule has 0 fully saturated rings. The lowest BCUT2D eigenvalue weighted by Crippen LogP contribution is -2.35. The van der Waals surface area contributed by atoms with Crippen LogP contribution in [0, 0.1) is 10.1 Å². The number of non-ortho nitro benzene ring substituents is 1. The van der Waals surface area contributed by atoms with Crippen LogP contribution >= 0.6 is 39.1 Å². The molecule has 4 aromatic rings. The van der Waals surface area contributed by atoms with Gasteiger partial charge in [-0.25, -0.2) is 4.68 Å². The Labute approximate surface area is 248 Å². The van der Waals surface area contributed by atoms with Crippen molar-refractivity contribution in [3.05, 3.63) is 103 Å². The molecule has 0 bridgehead atoms. The van der Waals surface area contributed by atoms with Gasteiger partial charge in [0.25, 0.3) is 11.6 Å². The van der Waals surface area contributed by atoms with Crippen molar-refractivity contribution < 1.29 is 27.6 Å². The van der Waals surface area contributed by atoms with Crippen molar-refractivity contribution in [1.29, 1.82) is 0 Å². The van der Waals surface area contributed by atoms with Crippen molar-refractivity contribution in [2.45, 2.75) is 24.7 Å². The van der Waals surface area contributed by atoms with Crippen LogP contribution in [0.1, 0.15) is 34.6 Å². The van der Waals surface area contributed by atoms with E-state index in [0.717, 1.165) is 10.5 Å². The highest BCUT2D eigenvalue weighted by molar-refractivity contribution is 9.10. The average molecular weight is 671 g/mol. The number of carbonyl (C=O) groups excluding carboxylic acids is 1. The highest BCUT2D eigenvalue weighted by Gasteiger charge is 2.47. The Morgan fingerprint density at radius 2 is 1.80 bits per heavy atom. The number of nitrogens with one attached hydrogen (secondary N) is 2. The fraction of sp³-hybridized carbons (Fsp3) is 0.154. The van der Waals surface area contributed by atoms with Gasteiger partial charge in [0.05, 0.1) is 32.8 Å². The van der Waals surface area contributed by atoms with Gasteiger partial charge in [-0.15, -0.1) is 0 Å². The Morgan fingerprint density at radius 3 is 2.46 bits per heavy atom. The minimum Gasteiger partial charge on any atom is -0.457 e. The molecule has 0 spiro atoms. The predicted molar refractivity (Wildman–Crippen MR) is 150 cm³/mol. The number of halogens is 6. The third-order valence-electron chi connectivity index (χ3n) is 6.18. The fourth-order valence-corrected chi connectivity index (χ4v) is 4.86. The number of nitro groups is 1. The Kier molecular flexibility index (Phi) is 7.86. The summed E-state index contributed by atoms with van der Waals surface area (Å²) >= 11 is 15.3. The molecule has 15 heteroatoms. The lowest BCUT2D eigenvalue weighted by Gasteiger charge is -2.33. The summed E-state index contributed by atoms with van der Waals surface area (Å²) in [6.07, 6.45) is -5.09. The number of nitro benzene ring substituents is 1. The number of aromatic nitrogens is 2. The molecule has 2 heterocycles. The highest BCUT2D eigenvalue weighted by Crippen LogP contribution is 2.44. The fourth-order valence-electron chi connectivity index (χ4n) is 4.29. The van der Waals surface area contributed by atoms with Crippen LogP contribution < -0.4 is 15.4 Å². The predicted octanol–water partition coefficient (Wildman–Crippen LogP) is 8.57. The second-order valence-electron chi connectivity index (χ2n) is 9.01. The zero-order chi connectivity index (χ0) is 29.5. The van der Waals surface area contributed by atoms with Crippen molar-refractivity contribution in [2.75, 3.05) is 10.6 Å². The van der Waals surface area contributed by atoms with Crippen LogP contribution in [-0.2, 0) is 0 Å². The Bertz CT molecular complexity index is 1650. The molecule has 0 radical (unpaired) electrons. The summed E-state index contributed by atoms with van der Waals surface area (Å²) in [5.74, 6) is -0.480. The van der Waals surface area contributed by atoms with Gasteiger partial charge in [0.15, 0.2) is 11.7 Å². The number of anilines is 2. The molecule has 1 aromatic heterocycles. The summed E-state index contributed by atoms with van der Waals surface area (Å²) in [5.41, 5.74) is -0.251. The Balaban J connectivity index is 1.42. The molecule has 2 N–H and O–H groups in total. The monoisotopic (exact) mass is 669 g/mol. The maximum atomic E-state index is 14.1. The second-order valence-corrected chi connectivity index (χ2v) is 10.7. The third-order valence-corrected chi connectivity index (χ3v) is 7.45. The summed E-state index contributed by atoms with van der Waals surface area (Å²) in [4.78, 5) is 23.9. The van der Waals surface area contributed by atoms with Crippen LogP contribution in [0.3, 0.4) is 0 Å². The normalized spacial score (nSPS) is 16.4. The van der Waals surface area contributed by atoms with E-state index in [-0.39, 0.29) is 38.7 Å². The number of ether oxygens (including phenoxy) is 1. The summed E-state index contributed by atoms with van der Waals surface area (Å²) in [5, 5.41) is 21.3.